The number of carbonyl (C=O) groups excluding carboxylic acids is 2. The van der Waals surface area contributed by atoms with E-state index in [1.165, 1.54) is 0 Å². The summed E-state index contributed by atoms with van der Waals surface area (Å²) in [6, 6.07) is 24.1. The van der Waals surface area contributed by atoms with E-state index in [4.69, 9.17) is 9.47 Å². The summed E-state index contributed by atoms with van der Waals surface area (Å²) in [5.74, 6) is 0.959. The van der Waals surface area contributed by atoms with E-state index in [2.05, 4.69) is 6.07 Å². The molecule has 7 nitrogen and oxygen atoms in total. The maximum absolute atomic E-state index is 13.4. The zero-order valence-corrected chi connectivity index (χ0v) is 18.5. The van der Waals surface area contributed by atoms with Crippen LogP contribution in [0.15, 0.2) is 72.8 Å². The largest absolute Gasteiger partial charge is 0.485 e. The molecule has 0 N–H and O–H groups in total. The van der Waals surface area contributed by atoms with E-state index in [9.17, 15) is 14.9 Å². The lowest BCUT2D eigenvalue weighted by Gasteiger charge is -2.37. The molecule has 3 aromatic carbocycles. The second-order valence-corrected chi connectivity index (χ2v) is 8.18. The Morgan fingerprint density at radius 1 is 0.794 bits per heavy atom. The fourth-order valence-electron chi connectivity index (χ4n) is 4.37. The van der Waals surface area contributed by atoms with Gasteiger partial charge in [-0.1, -0.05) is 48.5 Å². The van der Waals surface area contributed by atoms with Crippen LogP contribution in [0, 0.1) is 11.3 Å². The highest BCUT2D eigenvalue weighted by molar-refractivity contribution is 6.01. The van der Waals surface area contributed by atoms with Crippen molar-refractivity contribution in [3.8, 4) is 28.7 Å². The molecule has 0 aromatic heterocycles. The first-order chi connectivity index (χ1) is 16.7. The van der Waals surface area contributed by atoms with E-state index in [1.807, 2.05) is 54.6 Å². The third-order valence-electron chi connectivity index (χ3n) is 6.16. The van der Waals surface area contributed by atoms with Gasteiger partial charge in [-0.15, -0.1) is 0 Å². The van der Waals surface area contributed by atoms with E-state index in [0.29, 0.717) is 48.8 Å². The molecular weight excluding hydrogens is 430 g/mol. The zero-order valence-electron chi connectivity index (χ0n) is 18.5. The molecule has 2 heterocycles. The molecule has 5 rings (SSSR count). The Balaban J connectivity index is 1.27. The van der Waals surface area contributed by atoms with Crippen molar-refractivity contribution in [2.75, 3.05) is 32.8 Å². The fraction of sp³-hybridized carbons (Fsp3) is 0.222. The molecule has 7 heteroatoms. The zero-order chi connectivity index (χ0) is 23.5. The van der Waals surface area contributed by atoms with E-state index in [0.717, 1.165) is 11.1 Å². The Labute approximate surface area is 197 Å². The number of carbonyl (C=O) groups is 2. The van der Waals surface area contributed by atoms with Gasteiger partial charge in [-0.25, -0.2) is 0 Å². The van der Waals surface area contributed by atoms with E-state index >= 15 is 0 Å². The first kappa shape index (κ1) is 21.5. The molecule has 0 bridgehead atoms. The number of amides is 2. The molecule has 1 fully saturated rings. The van der Waals surface area contributed by atoms with Gasteiger partial charge in [-0.3, -0.25) is 9.59 Å². The number of ether oxygens (including phenoxy) is 2. The molecule has 0 saturated carbocycles. The lowest BCUT2D eigenvalue weighted by atomic mass is 9.95. The van der Waals surface area contributed by atoms with Crippen LogP contribution >= 0.6 is 0 Å². The van der Waals surface area contributed by atoms with Crippen LogP contribution in [-0.4, -0.2) is 60.5 Å². The Morgan fingerprint density at radius 3 is 2.18 bits per heavy atom. The number of nitriles is 1. The van der Waals surface area contributed by atoms with Crippen LogP contribution in [0.25, 0.3) is 11.1 Å². The quantitative estimate of drug-likeness (QED) is 0.607. The van der Waals surface area contributed by atoms with Crippen LogP contribution in [0.3, 0.4) is 0 Å². The summed E-state index contributed by atoms with van der Waals surface area (Å²) in [5.41, 5.74) is 2.53. The molecule has 2 amide bonds. The summed E-state index contributed by atoms with van der Waals surface area (Å²) in [7, 11) is 0. The summed E-state index contributed by atoms with van der Waals surface area (Å²) in [5, 5.41) is 9.50. The number of hydrogen-bond donors (Lipinski definition) is 0. The summed E-state index contributed by atoms with van der Waals surface area (Å²) in [6.45, 7) is 1.85. The molecular formula is C27H23N3O4. The van der Waals surface area contributed by atoms with Crippen molar-refractivity contribution in [1.29, 1.82) is 5.26 Å². The number of piperazine rings is 1. The summed E-state index contributed by atoms with van der Waals surface area (Å²) >= 11 is 0. The van der Waals surface area contributed by atoms with Gasteiger partial charge in [0.05, 0.1) is 11.6 Å². The van der Waals surface area contributed by atoms with Crippen molar-refractivity contribution in [3.63, 3.8) is 0 Å². The standard InChI is InChI=1S/C27H23N3O4/c28-17-19-7-1-2-8-20(19)21-9-3-4-10-22(21)26(31)29-13-15-30(16-14-29)27(32)25-18-33-23-11-5-6-12-24(23)34-25/h1-12,25H,13-16,18H2/t25-/m1/s1. The van der Waals surface area contributed by atoms with E-state index < -0.39 is 6.10 Å². The summed E-state index contributed by atoms with van der Waals surface area (Å²) < 4.78 is 11.5. The Morgan fingerprint density at radius 2 is 1.41 bits per heavy atom. The molecule has 2 aliphatic rings. The van der Waals surface area contributed by atoms with Crippen molar-refractivity contribution in [1.82, 2.24) is 9.80 Å². The van der Waals surface area contributed by atoms with Gasteiger partial charge in [0, 0.05) is 37.3 Å². The van der Waals surface area contributed by atoms with Crippen molar-refractivity contribution in [2.45, 2.75) is 6.10 Å². The van der Waals surface area contributed by atoms with Crippen LogP contribution in [0.2, 0.25) is 0 Å². The van der Waals surface area contributed by atoms with Crippen LogP contribution in [-0.2, 0) is 4.79 Å². The molecule has 3 aromatic rings. The molecule has 0 radical (unpaired) electrons. The van der Waals surface area contributed by atoms with Crippen molar-refractivity contribution >= 4 is 11.8 Å². The Bertz CT molecular complexity index is 1270. The highest BCUT2D eigenvalue weighted by atomic mass is 16.6. The van der Waals surface area contributed by atoms with Gasteiger partial charge in [-0.05, 0) is 29.8 Å². The van der Waals surface area contributed by atoms with E-state index in [1.54, 1.807) is 28.0 Å². The molecule has 170 valence electrons. The number of rotatable bonds is 3. The predicted octanol–water partition coefficient (Wildman–Crippen LogP) is 3.35. The van der Waals surface area contributed by atoms with Crippen LogP contribution in [0.1, 0.15) is 15.9 Å². The average Bonchev–Trinajstić information content (AvgIpc) is 2.92. The molecule has 1 atom stereocenters. The third-order valence-corrected chi connectivity index (χ3v) is 6.16. The minimum absolute atomic E-state index is 0.110. The SMILES string of the molecule is N#Cc1ccccc1-c1ccccc1C(=O)N1CCN(C(=O)[C@H]2COc3ccccc3O2)CC1. The molecule has 34 heavy (non-hydrogen) atoms. The van der Waals surface area contributed by atoms with Gasteiger partial charge in [0.2, 0.25) is 6.10 Å². The fourth-order valence-corrected chi connectivity index (χ4v) is 4.37. The maximum Gasteiger partial charge on any atom is 0.267 e. The van der Waals surface area contributed by atoms with Crippen LogP contribution in [0.5, 0.6) is 11.5 Å². The highest BCUT2D eigenvalue weighted by Crippen LogP contribution is 2.32. The minimum Gasteiger partial charge on any atom is -0.485 e. The molecule has 1 saturated heterocycles. The summed E-state index contributed by atoms with van der Waals surface area (Å²) in [4.78, 5) is 29.9. The third kappa shape index (κ3) is 4.06. The molecule has 0 unspecified atom stereocenters. The van der Waals surface area contributed by atoms with Gasteiger partial charge < -0.3 is 19.3 Å². The number of hydrogen-bond acceptors (Lipinski definition) is 5. The number of fused-ring (bicyclic) bond motifs is 1. The smallest absolute Gasteiger partial charge is 0.267 e. The van der Waals surface area contributed by atoms with Crippen LogP contribution < -0.4 is 9.47 Å². The van der Waals surface area contributed by atoms with Gasteiger partial charge in [-0.2, -0.15) is 5.26 Å². The Kier molecular flexibility index (Phi) is 5.88. The monoisotopic (exact) mass is 453 g/mol. The van der Waals surface area contributed by atoms with Gasteiger partial charge in [0.15, 0.2) is 11.5 Å². The van der Waals surface area contributed by atoms with Crippen molar-refractivity contribution in [2.24, 2.45) is 0 Å². The van der Waals surface area contributed by atoms with Gasteiger partial charge in [0.1, 0.15) is 6.61 Å². The number of nitrogens with zero attached hydrogens (tertiary/aromatic N) is 3. The highest BCUT2D eigenvalue weighted by Gasteiger charge is 2.34. The second-order valence-electron chi connectivity index (χ2n) is 8.18. The topological polar surface area (TPSA) is 82.9 Å². The van der Waals surface area contributed by atoms with E-state index in [-0.39, 0.29) is 18.4 Å². The average molecular weight is 453 g/mol. The normalized spacial score (nSPS) is 17.1. The summed E-state index contributed by atoms with van der Waals surface area (Å²) in [6.07, 6.45) is -0.694. The van der Waals surface area contributed by atoms with Gasteiger partial charge in [0.25, 0.3) is 11.8 Å². The first-order valence-electron chi connectivity index (χ1n) is 11.2. The van der Waals surface area contributed by atoms with Gasteiger partial charge >= 0.3 is 0 Å². The van der Waals surface area contributed by atoms with Crippen LogP contribution in [0.4, 0.5) is 0 Å². The lowest BCUT2D eigenvalue weighted by molar-refractivity contribution is -0.142. The predicted molar refractivity (Wildman–Crippen MR) is 125 cm³/mol. The molecule has 2 aliphatic heterocycles. The first-order valence-corrected chi connectivity index (χ1v) is 11.2. The van der Waals surface area contributed by atoms with Crippen molar-refractivity contribution in [3.05, 3.63) is 83.9 Å². The second kappa shape index (κ2) is 9.28. The number of benzene rings is 3. The van der Waals surface area contributed by atoms with Crippen molar-refractivity contribution < 1.29 is 19.1 Å². The number of para-hydroxylation sites is 2. The lowest BCUT2D eigenvalue weighted by Crippen LogP contribution is -2.55. The maximum atomic E-state index is 13.4. The Hall–Kier alpha value is -4.31. The molecule has 0 spiro atoms. The molecule has 0 aliphatic carbocycles. The minimum atomic E-state index is -0.694.